The van der Waals surface area contributed by atoms with Crippen LogP contribution in [0.25, 0.3) is 0 Å². The van der Waals surface area contributed by atoms with Crippen molar-refractivity contribution in [2.75, 3.05) is 54.4 Å². The molecule has 0 saturated carbocycles. The molecule has 1 rings (SSSR count). The average Bonchev–Trinajstić information content (AvgIpc) is 2.74. The van der Waals surface area contributed by atoms with Crippen molar-refractivity contribution in [3.05, 3.63) is 21.9 Å². The van der Waals surface area contributed by atoms with E-state index >= 15 is 0 Å². The van der Waals surface area contributed by atoms with Gasteiger partial charge >= 0.3 is 0 Å². The number of nitrogens with zero attached hydrogens (tertiary/aromatic N) is 3. The van der Waals surface area contributed by atoms with Crippen LogP contribution in [0.4, 0.5) is 0 Å². The Kier molecular flexibility index (Phi) is 8.38. The van der Waals surface area contributed by atoms with Gasteiger partial charge in [-0.15, -0.1) is 11.3 Å². The Morgan fingerprint density at radius 2 is 1.45 bits per heavy atom. The fourth-order valence-corrected chi connectivity index (χ4v) is 3.21. The molecule has 0 atom stereocenters. The van der Waals surface area contributed by atoms with Crippen LogP contribution >= 0.6 is 11.3 Å². The minimum absolute atomic E-state index is 1.12. The molecule has 0 fully saturated rings. The van der Waals surface area contributed by atoms with Crippen LogP contribution in [-0.2, 0) is 6.54 Å². The minimum atomic E-state index is 1.12. The van der Waals surface area contributed by atoms with E-state index in [2.05, 4.69) is 61.3 Å². The van der Waals surface area contributed by atoms with E-state index in [1.807, 2.05) is 11.3 Å². The second-order valence-electron chi connectivity index (χ2n) is 6.12. The van der Waals surface area contributed by atoms with Gasteiger partial charge in [0, 0.05) is 11.4 Å². The smallest absolute Gasteiger partial charge is 0.0330 e. The number of thiophene rings is 1. The van der Waals surface area contributed by atoms with E-state index < -0.39 is 0 Å². The first-order chi connectivity index (χ1) is 9.49. The maximum Gasteiger partial charge on any atom is 0.0330 e. The summed E-state index contributed by atoms with van der Waals surface area (Å²) in [4.78, 5) is 8.69. The van der Waals surface area contributed by atoms with Gasteiger partial charge in [0.25, 0.3) is 0 Å². The van der Waals surface area contributed by atoms with Crippen LogP contribution in [0.15, 0.2) is 11.4 Å². The summed E-state index contributed by atoms with van der Waals surface area (Å²) in [5.74, 6) is 0. The Morgan fingerprint density at radius 3 is 1.85 bits per heavy atom. The molecule has 0 amide bonds. The van der Waals surface area contributed by atoms with Crippen molar-refractivity contribution >= 4 is 11.3 Å². The lowest BCUT2D eigenvalue weighted by Crippen LogP contribution is -2.29. The predicted molar refractivity (Wildman–Crippen MR) is 90.7 cm³/mol. The molecular formula is C16H31N3S. The lowest BCUT2D eigenvalue weighted by atomic mass is 10.2. The number of hydrogen-bond acceptors (Lipinski definition) is 4. The van der Waals surface area contributed by atoms with Crippen molar-refractivity contribution in [1.82, 2.24) is 14.7 Å². The van der Waals surface area contributed by atoms with Gasteiger partial charge in [-0.2, -0.15) is 0 Å². The Labute approximate surface area is 129 Å². The monoisotopic (exact) mass is 297 g/mol. The second-order valence-corrected chi connectivity index (χ2v) is 7.12. The van der Waals surface area contributed by atoms with Crippen LogP contribution in [0.5, 0.6) is 0 Å². The van der Waals surface area contributed by atoms with E-state index in [-0.39, 0.29) is 0 Å². The molecule has 0 unspecified atom stereocenters. The van der Waals surface area contributed by atoms with Crippen molar-refractivity contribution in [2.45, 2.75) is 26.3 Å². The molecule has 0 aromatic carbocycles. The fourth-order valence-electron chi connectivity index (χ4n) is 2.26. The fraction of sp³-hybridized carbons (Fsp3) is 0.750. The normalized spacial score (nSPS) is 12.0. The quantitative estimate of drug-likeness (QED) is 0.657. The van der Waals surface area contributed by atoms with Crippen molar-refractivity contribution in [3.8, 4) is 0 Å². The topological polar surface area (TPSA) is 9.72 Å². The number of aryl methyl sites for hydroxylation is 1. The van der Waals surface area contributed by atoms with E-state index in [0.717, 1.165) is 6.54 Å². The number of rotatable bonds is 10. The zero-order chi connectivity index (χ0) is 15.0. The second kappa shape index (κ2) is 9.50. The Hall–Kier alpha value is -0.420. The SMILES string of the molecule is Cc1ccsc1CN(CCCN(C)C)CCCN(C)C. The summed E-state index contributed by atoms with van der Waals surface area (Å²) in [7, 11) is 8.61. The van der Waals surface area contributed by atoms with E-state index in [0.29, 0.717) is 0 Å². The molecule has 0 aliphatic carbocycles. The van der Waals surface area contributed by atoms with E-state index in [4.69, 9.17) is 0 Å². The summed E-state index contributed by atoms with van der Waals surface area (Å²) >= 11 is 1.89. The highest BCUT2D eigenvalue weighted by molar-refractivity contribution is 7.10. The molecule has 0 saturated heterocycles. The summed E-state index contributed by atoms with van der Waals surface area (Å²) < 4.78 is 0. The van der Waals surface area contributed by atoms with Crippen LogP contribution in [0.3, 0.4) is 0 Å². The van der Waals surface area contributed by atoms with E-state index in [1.54, 1.807) is 0 Å². The van der Waals surface area contributed by atoms with Crippen LogP contribution in [0, 0.1) is 6.92 Å². The summed E-state index contributed by atoms with van der Waals surface area (Å²) in [6, 6.07) is 2.23. The Morgan fingerprint density at radius 1 is 0.900 bits per heavy atom. The first-order valence-corrected chi connectivity index (χ1v) is 8.42. The van der Waals surface area contributed by atoms with Gasteiger partial charge in [0.15, 0.2) is 0 Å². The molecular weight excluding hydrogens is 266 g/mol. The van der Waals surface area contributed by atoms with Gasteiger partial charge in [-0.25, -0.2) is 0 Å². The van der Waals surface area contributed by atoms with Crippen LogP contribution in [-0.4, -0.2) is 69.1 Å². The van der Waals surface area contributed by atoms with Crippen molar-refractivity contribution < 1.29 is 0 Å². The van der Waals surface area contributed by atoms with Crippen LogP contribution < -0.4 is 0 Å². The zero-order valence-corrected chi connectivity index (χ0v) is 14.7. The van der Waals surface area contributed by atoms with Crippen LogP contribution in [0.1, 0.15) is 23.3 Å². The summed E-state index contributed by atoms with van der Waals surface area (Å²) in [6.45, 7) is 8.08. The van der Waals surface area contributed by atoms with Crippen LogP contribution in [0.2, 0.25) is 0 Å². The molecule has 1 aromatic heterocycles. The van der Waals surface area contributed by atoms with Gasteiger partial charge in [-0.05, 0) is 91.1 Å². The zero-order valence-electron chi connectivity index (χ0n) is 13.9. The molecule has 4 heteroatoms. The molecule has 0 radical (unpaired) electrons. The maximum atomic E-state index is 2.62. The predicted octanol–water partition coefficient (Wildman–Crippen LogP) is 2.76. The van der Waals surface area contributed by atoms with Gasteiger partial charge in [0.1, 0.15) is 0 Å². The highest BCUT2D eigenvalue weighted by Gasteiger charge is 2.09. The van der Waals surface area contributed by atoms with Gasteiger partial charge in [0.05, 0.1) is 0 Å². The molecule has 0 aliphatic rings. The summed E-state index contributed by atoms with van der Waals surface area (Å²) in [5, 5.41) is 2.21. The molecule has 0 bridgehead atoms. The van der Waals surface area contributed by atoms with Crippen molar-refractivity contribution in [1.29, 1.82) is 0 Å². The van der Waals surface area contributed by atoms with Crippen molar-refractivity contribution in [3.63, 3.8) is 0 Å². The summed E-state index contributed by atoms with van der Waals surface area (Å²) in [6.07, 6.45) is 2.50. The van der Waals surface area contributed by atoms with Crippen molar-refractivity contribution in [2.24, 2.45) is 0 Å². The van der Waals surface area contributed by atoms with Gasteiger partial charge < -0.3 is 9.80 Å². The first-order valence-electron chi connectivity index (χ1n) is 7.54. The third-order valence-electron chi connectivity index (χ3n) is 3.49. The van der Waals surface area contributed by atoms with Gasteiger partial charge in [-0.1, -0.05) is 0 Å². The van der Waals surface area contributed by atoms with E-state index in [1.165, 1.54) is 49.5 Å². The molecule has 20 heavy (non-hydrogen) atoms. The summed E-state index contributed by atoms with van der Waals surface area (Å²) in [5.41, 5.74) is 1.44. The molecule has 1 aromatic rings. The first kappa shape index (κ1) is 17.6. The Balaban J connectivity index is 2.43. The standard InChI is InChI=1S/C16H31N3S/c1-15-8-13-20-16(15)14-19(11-6-9-17(2)3)12-7-10-18(4)5/h8,13H,6-7,9-12,14H2,1-5H3. The van der Waals surface area contributed by atoms with Gasteiger partial charge in [0.2, 0.25) is 0 Å². The molecule has 116 valence electrons. The minimum Gasteiger partial charge on any atom is -0.309 e. The molecule has 3 nitrogen and oxygen atoms in total. The van der Waals surface area contributed by atoms with E-state index in [9.17, 15) is 0 Å². The molecule has 1 heterocycles. The largest absolute Gasteiger partial charge is 0.309 e. The molecule has 0 aliphatic heterocycles. The lowest BCUT2D eigenvalue weighted by molar-refractivity contribution is 0.235. The van der Waals surface area contributed by atoms with Gasteiger partial charge in [-0.3, -0.25) is 4.90 Å². The third-order valence-corrected chi connectivity index (χ3v) is 4.50. The highest BCUT2D eigenvalue weighted by atomic mass is 32.1. The average molecular weight is 298 g/mol. The number of hydrogen-bond donors (Lipinski definition) is 0. The molecule has 0 N–H and O–H groups in total. The molecule has 0 spiro atoms. The third kappa shape index (κ3) is 7.39. The lowest BCUT2D eigenvalue weighted by Gasteiger charge is -2.24. The highest BCUT2D eigenvalue weighted by Crippen LogP contribution is 2.18. The Bertz CT molecular complexity index is 346. The maximum absolute atomic E-state index is 2.62.